The number of benzene rings is 11. The lowest BCUT2D eigenvalue weighted by molar-refractivity contribution is 0.447. The van der Waals surface area contributed by atoms with Crippen LogP contribution in [0.5, 0.6) is 11.5 Å². The molecule has 11 aromatic carbocycles. The quantitative estimate of drug-likeness (QED) is 0.176. The molecule has 1 aromatic heterocycles. The Bertz CT molecular complexity index is 4070. The van der Waals surface area contributed by atoms with Crippen LogP contribution in [-0.2, 0) is 10.8 Å². The average molecular weight is 882 g/mol. The minimum Gasteiger partial charge on any atom is -0.456 e. The molecule has 2 aliphatic carbocycles. The van der Waals surface area contributed by atoms with Gasteiger partial charge in [0.15, 0.2) is 0 Å². The summed E-state index contributed by atoms with van der Waals surface area (Å²) >= 11 is 0. The molecule has 12 aromatic rings. The van der Waals surface area contributed by atoms with Crippen molar-refractivity contribution in [2.75, 3.05) is 4.90 Å². The highest BCUT2D eigenvalue weighted by Gasteiger charge is 2.52. The van der Waals surface area contributed by atoms with Crippen LogP contribution in [0.3, 0.4) is 0 Å². The zero-order chi connectivity index (χ0) is 45.6. The number of nitrogens with zero attached hydrogens (tertiary/aromatic N) is 1. The molecule has 0 bridgehead atoms. The third-order valence-electron chi connectivity index (χ3n) is 15.7. The van der Waals surface area contributed by atoms with Crippen LogP contribution in [-0.4, -0.2) is 0 Å². The maximum absolute atomic E-state index is 7.18. The number of hydrogen-bond donors (Lipinski definition) is 0. The van der Waals surface area contributed by atoms with Crippen molar-refractivity contribution in [3.8, 4) is 44.9 Å². The van der Waals surface area contributed by atoms with Gasteiger partial charge in [0.2, 0.25) is 0 Å². The van der Waals surface area contributed by atoms with Crippen molar-refractivity contribution in [2.45, 2.75) is 24.7 Å². The fourth-order valence-corrected chi connectivity index (χ4v) is 12.5. The summed E-state index contributed by atoms with van der Waals surface area (Å²) in [6, 6.07) is 82.4. The Kier molecular flexibility index (Phi) is 7.77. The zero-order valence-electron chi connectivity index (χ0n) is 38.1. The molecule has 0 atom stereocenters. The number of para-hydroxylation sites is 1. The first-order valence-corrected chi connectivity index (χ1v) is 24.0. The van der Waals surface area contributed by atoms with Crippen LogP contribution in [0.2, 0.25) is 0 Å². The van der Waals surface area contributed by atoms with E-state index < -0.39 is 5.41 Å². The van der Waals surface area contributed by atoms with E-state index in [9.17, 15) is 0 Å². The zero-order valence-corrected chi connectivity index (χ0v) is 38.1. The molecule has 3 heteroatoms. The predicted octanol–water partition coefficient (Wildman–Crippen LogP) is 17.8. The summed E-state index contributed by atoms with van der Waals surface area (Å²) < 4.78 is 13.7. The van der Waals surface area contributed by atoms with E-state index in [0.29, 0.717) is 0 Å². The second-order valence-corrected chi connectivity index (χ2v) is 19.5. The van der Waals surface area contributed by atoms with Crippen LogP contribution in [0.25, 0.3) is 76.9 Å². The van der Waals surface area contributed by atoms with Gasteiger partial charge in [0.05, 0.1) is 5.41 Å². The monoisotopic (exact) mass is 881 g/mol. The van der Waals surface area contributed by atoms with Crippen LogP contribution < -0.4 is 9.64 Å². The number of ether oxygens (including phenoxy) is 1. The number of hydrogen-bond acceptors (Lipinski definition) is 3. The van der Waals surface area contributed by atoms with Gasteiger partial charge in [-0.3, -0.25) is 0 Å². The van der Waals surface area contributed by atoms with E-state index in [1.165, 1.54) is 72.0 Å². The first-order chi connectivity index (χ1) is 33.9. The molecule has 0 fully saturated rings. The third kappa shape index (κ3) is 5.22. The normalized spacial score (nSPS) is 14.3. The van der Waals surface area contributed by atoms with Crippen molar-refractivity contribution in [3.05, 3.63) is 258 Å². The lowest BCUT2D eigenvalue weighted by Gasteiger charge is -2.40. The SMILES string of the molecule is CC1(C)c2ccccc2-c2ccc(N(c3ccc(-c4ccc5c(c4)-c4ccccc4C54c5ccc6ccccc6c5Oc5c4ccc4ccccc54)cc3)c3ccc4c(c3)oc3ccccc34)cc21. The molecule has 324 valence electrons. The first kappa shape index (κ1) is 38.4. The lowest BCUT2D eigenvalue weighted by atomic mass is 9.65. The van der Waals surface area contributed by atoms with Crippen molar-refractivity contribution in [1.82, 2.24) is 0 Å². The van der Waals surface area contributed by atoms with E-state index in [2.05, 4.69) is 231 Å². The molecule has 0 radical (unpaired) electrons. The molecule has 3 aliphatic rings. The number of fused-ring (bicyclic) bond motifs is 19. The van der Waals surface area contributed by atoms with E-state index >= 15 is 0 Å². The molecular weight excluding hydrogens is 839 g/mol. The second kappa shape index (κ2) is 13.9. The van der Waals surface area contributed by atoms with E-state index in [0.717, 1.165) is 66.8 Å². The Morgan fingerprint density at radius 1 is 0.333 bits per heavy atom. The molecular formula is C66H43NO2. The van der Waals surface area contributed by atoms with Crippen molar-refractivity contribution in [3.63, 3.8) is 0 Å². The maximum atomic E-state index is 7.18. The standard InChI is InChI=1S/C66H43NO2/c1-65(2)55-20-10-7-17-49(55)51-32-30-45(38-60(51)65)67(46-31-33-53-52-19-9-12-22-61(52)68-62(53)39-46)44-28-23-40(24-29-44)43-27-34-57-54(37-43)50-18-8-11-21-56(50)66(57)58-35-25-41-13-3-5-15-47(41)63(58)69-64-48-16-6-4-14-42(48)26-36-59(64)66/h3-39H,1-2H3. The van der Waals surface area contributed by atoms with Gasteiger partial charge < -0.3 is 14.1 Å². The van der Waals surface area contributed by atoms with Crippen molar-refractivity contribution in [1.29, 1.82) is 0 Å². The Morgan fingerprint density at radius 3 is 1.59 bits per heavy atom. The summed E-state index contributed by atoms with van der Waals surface area (Å²) in [5.41, 5.74) is 19.3. The van der Waals surface area contributed by atoms with Gasteiger partial charge in [0.25, 0.3) is 0 Å². The summed E-state index contributed by atoms with van der Waals surface area (Å²) in [6.45, 7) is 4.70. The van der Waals surface area contributed by atoms with Crippen LogP contribution in [0, 0.1) is 0 Å². The highest BCUT2D eigenvalue weighted by molar-refractivity contribution is 6.06. The van der Waals surface area contributed by atoms with Crippen molar-refractivity contribution >= 4 is 60.5 Å². The van der Waals surface area contributed by atoms with Gasteiger partial charge >= 0.3 is 0 Å². The first-order valence-electron chi connectivity index (χ1n) is 24.0. The van der Waals surface area contributed by atoms with E-state index in [-0.39, 0.29) is 5.41 Å². The fourth-order valence-electron chi connectivity index (χ4n) is 12.5. The molecule has 1 spiro atoms. The van der Waals surface area contributed by atoms with Gasteiger partial charge in [-0.05, 0) is 115 Å². The van der Waals surface area contributed by atoms with E-state index in [1.54, 1.807) is 0 Å². The number of rotatable bonds is 4. The summed E-state index contributed by atoms with van der Waals surface area (Å²) in [5.74, 6) is 1.86. The lowest BCUT2D eigenvalue weighted by Crippen LogP contribution is -2.32. The Balaban J connectivity index is 0.887. The topological polar surface area (TPSA) is 25.6 Å². The van der Waals surface area contributed by atoms with Crippen LogP contribution in [0.1, 0.15) is 47.2 Å². The van der Waals surface area contributed by atoms with Crippen LogP contribution in [0.4, 0.5) is 17.1 Å². The fraction of sp³-hybridized carbons (Fsp3) is 0.0606. The minimum atomic E-state index is -0.585. The molecule has 2 heterocycles. The molecule has 0 saturated heterocycles. The van der Waals surface area contributed by atoms with Crippen LogP contribution >= 0.6 is 0 Å². The molecule has 0 amide bonds. The summed E-state index contributed by atoms with van der Waals surface area (Å²) in [6.07, 6.45) is 0. The largest absolute Gasteiger partial charge is 0.456 e. The molecule has 0 N–H and O–H groups in total. The highest BCUT2D eigenvalue weighted by Crippen LogP contribution is 2.64. The highest BCUT2D eigenvalue weighted by atomic mass is 16.5. The van der Waals surface area contributed by atoms with Gasteiger partial charge in [-0.25, -0.2) is 0 Å². The van der Waals surface area contributed by atoms with E-state index in [1.807, 2.05) is 12.1 Å². The maximum Gasteiger partial charge on any atom is 0.140 e. The second-order valence-electron chi connectivity index (χ2n) is 19.5. The number of furan rings is 1. The smallest absolute Gasteiger partial charge is 0.140 e. The molecule has 0 saturated carbocycles. The Labute approximate surface area is 400 Å². The van der Waals surface area contributed by atoms with Crippen molar-refractivity contribution in [2.24, 2.45) is 0 Å². The van der Waals surface area contributed by atoms with Gasteiger partial charge in [-0.2, -0.15) is 0 Å². The third-order valence-corrected chi connectivity index (χ3v) is 15.7. The predicted molar refractivity (Wildman–Crippen MR) is 284 cm³/mol. The van der Waals surface area contributed by atoms with Gasteiger partial charge in [-0.15, -0.1) is 0 Å². The van der Waals surface area contributed by atoms with Gasteiger partial charge in [0, 0.05) is 61.2 Å². The van der Waals surface area contributed by atoms with Crippen LogP contribution in [0.15, 0.2) is 229 Å². The number of anilines is 3. The summed E-state index contributed by atoms with van der Waals surface area (Å²) in [5, 5.41) is 6.82. The Hall–Kier alpha value is -8.66. The minimum absolute atomic E-state index is 0.138. The molecule has 1 aliphatic heterocycles. The van der Waals surface area contributed by atoms with E-state index in [4.69, 9.17) is 9.15 Å². The van der Waals surface area contributed by atoms with Gasteiger partial charge in [-0.1, -0.05) is 184 Å². The Morgan fingerprint density at radius 2 is 0.855 bits per heavy atom. The molecule has 15 rings (SSSR count). The molecule has 3 nitrogen and oxygen atoms in total. The van der Waals surface area contributed by atoms with Crippen molar-refractivity contribution < 1.29 is 9.15 Å². The van der Waals surface area contributed by atoms with Gasteiger partial charge in [0.1, 0.15) is 22.7 Å². The summed E-state index contributed by atoms with van der Waals surface area (Å²) in [4.78, 5) is 2.38. The molecule has 69 heavy (non-hydrogen) atoms. The average Bonchev–Trinajstić information content (AvgIpc) is 3.99. The molecule has 0 unspecified atom stereocenters. The summed E-state index contributed by atoms with van der Waals surface area (Å²) in [7, 11) is 0.